The van der Waals surface area contributed by atoms with Gasteiger partial charge in [0.1, 0.15) is 6.61 Å². The van der Waals surface area contributed by atoms with Crippen LogP contribution in [0, 0.1) is 5.41 Å². The molecule has 3 heteroatoms. The largest absolute Gasteiger partial charge is 0.461 e. The molecule has 0 bridgehead atoms. The summed E-state index contributed by atoms with van der Waals surface area (Å²) in [5, 5.41) is 0. The zero-order valence-electron chi connectivity index (χ0n) is 10.6. The van der Waals surface area contributed by atoms with Crippen LogP contribution in [0.4, 0.5) is 0 Å². The Kier molecular flexibility index (Phi) is 3.67. The third-order valence-corrected chi connectivity index (χ3v) is 3.53. The molecule has 0 unspecified atom stereocenters. The average Bonchev–Trinajstić information content (AvgIpc) is 2.80. The number of hydrogen-bond acceptors (Lipinski definition) is 3. The quantitative estimate of drug-likeness (QED) is 0.752. The van der Waals surface area contributed by atoms with E-state index in [9.17, 15) is 4.79 Å². The van der Waals surface area contributed by atoms with Gasteiger partial charge in [0, 0.05) is 0 Å². The molecule has 17 heavy (non-hydrogen) atoms. The molecular weight excluding hydrogens is 216 g/mol. The molecule has 0 aliphatic heterocycles. The van der Waals surface area contributed by atoms with E-state index < -0.39 is 0 Å². The van der Waals surface area contributed by atoms with Crippen molar-refractivity contribution < 1.29 is 13.9 Å². The summed E-state index contributed by atoms with van der Waals surface area (Å²) in [4.78, 5) is 11.7. The molecule has 0 amide bonds. The minimum atomic E-state index is -0.0696. The van der Waals surface area contributed by atoms with E-state index in [2.05, 4.69) is 13.8 Å². The number of ketones is 1. The fourth-order valence-electron chi connectivity index (χ4n) is 2.24. The van der Waals surface area contributed by atoms with Crippen LogP contribution in [-0.4, -0.2) is 18.5 Å². The van der Waals surface area contributed by atoms with Crippen molar-refractivity contribution in [3.8, 4) is 0 Å². The van der Waals surface area contributed by atoms with Crippen molar-refractivity contribution in [3.05, 3.63) is 24.2 Å². The highest BCUT2D eigenvalue weighted by molar-refractivity contribution is 5.94. The molecular formula is C14H20O3. The molecule has 0 spiro atoms. The summed E-state index contributed by atoms with van der Waals surface area (Å²) in [5.41, 5.74) is 0.435. The molecule has 3 nitrogen and oxygen atoms in total. The molecule has 0 radical (unpaired) electrons. The zero-order chi connectivity index (χ0) is 12.3. The van der Waals surface area contributed by atoms with Gasteiger partial charge in [0.2, 0.25) is 5.78 Å². The van der Waals surface area contributed by atoms with Crippen LogP contribution in [0.2, 0.25) is 0 Å². The lowest BCUT2D eigenvalue weighted by Crippen LogP contribution is -2.28. The van der Waals surface area contributed by atoms with E-state index in [1.807, 2.05) is 0 Å². The number of ether oxygens (including phenoxy) is 1. The lowest BCUT2D eigenvalue weighted by atomic mass is 9.76. The van der Waals surface area contributed by atoms with Gasteiger partial charge < -0.3 is 9.15 Å². The van der Waals surface area contributed by atoms with E-state index in [-0.39, 0.29) is 18.5 Å². The molecule has 0 saturated heterocycles. The Morgan fingerprint density at radius 1 is 1.47 bits per heavy atom. The summed E-state index contributed by atoms with van der Waals surface area (Å²) < 4.78 is 10.7. The van der Waals surface area contributed by atoms with Crippen LogP contribution in [0.3, 0.4) is 0 Å². The molecule has 0 atom stereocenters. The van der Waals surface area contributed by atoms with Crippen LogP contribution in [0.5, 0.6) is 0 Å². The fraction of sp³-hybridized carbons (Fsp3) is 0.643. The highest BCUT2D eigenvalue weighted by atomic mass is 16.5. The summed E-state index contributed by atoms with van der Waals surface area (Å²) >= 11 is 0. The second kappa shape index (κ2) is 5.05. The van der Waals surface area contributed by atoms with E-state index in [0.29, 0.717) is 11.2 Å². The van der Waals surface area contributed by atoms with Gasteiger partial charge in [-0.25, -0.2) is 0 Å². The highest BCUT2D eigenvalue weighted by Gasteiger charge is 2.27. The Labute approximate surface area is 102 Å². The van der Waals surface area contributed by atoms with Gasteiger partial charge in [0.25, 0.3) is 0 Å². The Hall–Kier alpha value is -1.09. The van der Waals surface area contributed by atoms with Crippen LogP contribution in [0.15, 0.2) is 22.8 Å². The van der Waals surface area contributed by atoms with Crippen LogP contribution in [0.1, 0.15) is 50.1 Å². The van der Waals surface area contributed by atoms with Crippen molar-refractivity contribution in [2.45, 2.75) is 45.6 Å². The van der Waals surface area contributed by atoms with E-state index >= 15 is 0 Å². The number of carbonyl (C=O) groups is 1. The number of rotatable bonds is 4. The van der Waals surface area contributed by atoms with Gasteiger partial charge in [-0.15, -0.1) is 0 Å². The summed E-state index contributed by atoms with van der Waals surface area (Å²) in [7, 11) is 0. The first-order valence-corrected chi connectivity index (χ1v) is 6.25. The van der Waals surface area contributed by atoms with E-state index in [1.54, 1.807) is 12.1 Å². The second-order valence-corrected chi connectivity index (χ2v) is 5.58. The summed E-state index contributed by atoms with van der Waals surface area (Å²) in [6, 6.07) is 3.39. The molecule has 1 aromatic rings. The molecule has 1 fully saturated rings. The lowest BCUT2D eigenvalue weighted by Gasteiger charge is -2.33. The number of hydrogen-bond donors (Lipinski definition) is 0. The number of Topliss-reactive ketones (excluding diaryl/α,β-unsaturated/α-hetero) is 1. The predicted molar refractivity (Wildman–Crippen MR) is 65.0 cm³/mol. The molecule has 1 heterocycles. The molecule has 0 N–H and O–H groups in total. The van der Waals surface area contributed by atoms with E-state index in [0.717, 1.165) is 12.8 Å². The SMILES string of the molecule is CC1(C)CCC(OCC(=O)c2ccco2)CC1. The number of furan rings is 1. The molecule has 94 valence electrons. The molecule has 1 aliphatic rings. The van der Waals surface area contributed by atoms with E-state index in [4.69, 9.17) is 9.15 Å². The second-order valence-electron chi connectivity index (χ2n) is 5.58. The standard InChI is InChI=1S/C14H20O3/c1-14(2)7-5-11(6-8-14)17-10-12(15)13-4-3-9-16-13/h3-4,9,11H,5-8,10H2,1-2H3. The van der Waals surface area contributed by atoms with Crippen molar-refractivity contribution in [2.75, 3.05) is 6.61 Å². The first-order chi connectivity index (χ1) is 8.07. The topological polar surface area (TPSA) is 39.4 Å². The monoisotopic (exact) mass is 236 g/mol. The van der Waals surface area contributed by atoms with Crippen molar-refractivity contribution in [1.29, 1.82) is 0 Å². The smallest absolute Gasteiger partial charge is 0.223 e. The Morgan fingerprint density at radius 2 is 2.18 bits per heavy atom. The zero-order valence-corrected chi connectivity index (χ0v) is 10.6. The lowest BCUT2D eigenvalue weighted by molar-refractivity contribution is 0.00771. The molecule has 1 aliphatic carbocycles. The maximum atomic E-state index is 11.7. The molecule has 0 aromatic carbocycles. The predicted octanol–water partition coefficient (Wildman–Crippen LogP) is 3.45. The van der Waals surface area contributed by atoms with Crippen molar-refractivity contribution in [3.63, 3.8) is 0 Å². The van der Waals surface area contributed by atoms with Gasteiger partial charge in [-0.2, -0.15) is 0 Å². The third-order valence-electron chi connectivity index (χ3n) is 3.53. The maximum absolute atomic E-state index is 11.7. The van der Waals surface area contributed by atoms with Crippen LogP contribution >= 0.6 is 0 Å². The first-order valence-electron chi connectivity index (χ1n) is 6.25. The van der Waals surface area contributed by atoms with Gasteiger partial charge in [0.05, 0.1) is 12.4 Å². The minimum Gasteiger partial charge on any atom is -0.461 e. The van der Waals surface area contributed by atoms with Crippen LogP contribution in [0.25, 0.3) is 0 Å². The normalized spacial score (nSPS) is 20.4. The maximum Gasteiger partial charge on any atom is 0.223 e. The first kappa shape index (κ1) is 12.4. The minimum absolute atomic E-state index is 0.0696. The fourth-order valence-corrected chi connectivity index (χ4v) is 2.24. The van der Waals surface area contributed by atoms with Crippen molar-refractivity contribution >= 4 is 5.78 Å². The molecule has 1 saturated carbocycles. The van der Waals surface area contributed by atoms with Gasteiger partial charge >= 0.3 is 0 Å². The Bertz CT molecular complexity index is 355. The van der Waals surface area contributed by atoms with Crippen molar-refractivity contribution in [2.24, 2.45) is 5.41 Å². The third kappa shape index (κ3) is 3.43. The average molecular weight is 236 g/mol. The Balaban J connectivity index is 1.75. The van der Waals surface area contributed by atoms with Gasteiger partial charge in [0.15, 0.2) is 5.76 Å². The molecule has 1 aromatic heterocycles. The molecule has 2 rings (SSSR count). The van der Waals surface area contributed by atoms with Gasteiger partial charge in [-0.1, -0.05) is 13.8 Å². The summed E-state index contributed by atoms with van der Waals surface area (Å²) in [6.45, 7) is 4.72. The van der Waals surface area contributed by atoms with Crippen molar-refractivity contribution in [1.82, 2.24) is 0 Å². The highest BCUT2D eigenvalue weighted by Crippen LogP contribution is 2.36. The van der Waals surface area contributed by atoms with E-state index in [1.165, 1.54) is 19.1 Å². The Morgan fingerprint density at radius 3 is 2.76 bits per heavy atom. The number of carbonyl (C=O) groups excluding carboxylic acids is 1. The van der Waals surface area contributed by atoms with Crippen LogP contribution < -0.4 is 0 Å². The van der Waals surface area contributed by atoms with Gasteiger partial charge in [-0.3, -0.25) is 4.79 Å². The van der Waals surface area contributed by atoms with Crippen LogP contribution in [-0.2, 0) is 4.74 Å². The van der Waals surface area contributed by atoms with Gasteiger partial charge in [-0.05, 0) is 43.2 Å². The summed E-state index contributed by atoms with van der Waals surface area (Å²) in [6.07, 6.45) is 6.20. The summed E-state index contributed by atoms with van der Waals surface area (Å²) in [5.74, 6) is 0.320.